The van der Waals surface area contributed by atoms with Crippen LogP contribution in [-0.4, -0.2) is 37.6 Å². The summed E-state index contributed by atoms with van der Waals surface area (Å²) >= 11 is 0. The molecule has 3 N–H and O–H groups in total. The van der Waals surface area contributed by atoms with Gasteiger partial charge >= 0.3 is 6.09 Å². The summed E-state index contributed by atoms with van der Waals surface area (Å²) in [6.45, 7) is 1.02. The van der Waals surface area contributed by atoms with Crippen molar-refractivity contribution in [2.24, 2.45) is 4.99 Å². The molecule has 0 heterocycles. The van der Waals surface area contributed by atoms with Gasteiger partial charge in [-0.2, -0.15) is 0 Å². The molecule has 0 saturated carbocycles. The Morgan fingerprint density at radius 3 is 2.11 bits per heavy atom. The van der Waals surface area contributed by atoms with Crippen LogP contribution in [0.1, 0.15) is 6.92 Å². The minimum atomic E-state index is -0.849. The number of ether oxygens (including phenoxy) is 3. The predicted octanol–water partition coefficient (Wildman–Crippen LogP) is 3.98. The molecule has 0 atom stereocenters. The molecule has 0 aromatic heterocycles. The van der Waals surface area contributed by atoms with E-state index in [0.717, 1.165) is 0 Å². The predicted molar refractivity (Wildman–Crippen MR) is 130 cm³/mol. The van der Waals surface area contributed by atoms with Crippen molar-refractivity contribution in [3.63, 3.8) is 0 Å². The molecule has 0 fully saturated rings. The van der Waals surface area contributed by atoms with Gasteiger partial charge < -0.3 is 19.5 Å². The summed E-state index contributed by atoms with van der Waals surface area (Å²) in [5.41, 5.74) is 0.543. The smallest absolute Gasteiger partial charge is 0.413 e. The fourth-order valence-electron chi connectivity index (χ4n) is 2.78. The number of nitrogens with one attached hydrogen (secondary N) is 3. The van der Waals surface area contributed by atoms with Crippen molar-refractivity contribution in [1.82, 2.24) is 10.6 Å². The van der Waals surface area contributed by atoms with Gasteiger partial charge in [-0.3, -0.25) is 20.2 Å². The van der Waals surface area contributed by atoms with Crippen LogP contribution in [0.25, 0.3) is 0 Å². The first-order valence-corrected chi connectivity index (χ1v) is 10.5. The maximum atomic E-state index is 12.4. The number of carbonyl (C=O) groups excluding carboxylic acids is 3. The van der Waals surface area contributed by atoms with Gasteiger partial charge in [0.2, 0.25) is 11.9 Å². The molecule has 0 radical (unpaired) electrons. The number of guanidine groups is 1. The van der Waals surface area contributed by atoms with Gasteiger partial charge in [0.05, 0.1) is 18.5 Å². The van der Waals surface area contributed by atoms with Crippen molar-refractivity contribution < 1.29 is 28.6 Å². The molecule has 0 bridgehead atoms. The molecule has 180 valence electrons. The highest BCUT2D eigenvalue weighted by molar-refractivity contribution is 6.05. The van der Waals surface area contributed by atoms with Crippen molar-refractivity contribution in [2.45, 2.75) is 6.92 Å². The molecule has 3 aromatic carbocycles. The Morgan fingerprint density at radius 1 is 0.829 bits per heavy atom. The van der Waals surface area contributed by atoms with E-state index in [-0.39, 0.29) is 24.2 Å². The quantitative estimate of drug-likeness (QED) is 0.350. The maximum Gasteiger partial charge on any atom is 0.413 e. The van der Waals surface area contributed by atoms with Gasteiger partial charge in [-0.15, -0.1) is 0 Å². The van der Waals surface area contributed by atoms with Crippen LogP contribution in [0.4, 0.5) is 16.2 Å². The average Bonchev–Trinajstić information content (AvgIpc) is 2.85. The zero-order chi connectivity index (χ0) is 25.0. The van der Waals surface area contributed by atoms with Gasteiger partial charge in [0.15, 0.2) is 6.61 Å². The van der Waals surface area contributed by atoms with Crippen molar-refractivity contribution in [2.75, 3.05) is 19.0 Å². The van der Waals surface area contributed by atoms with Crippen LogP contribution in [0.5, 0.6) is 17.2 Å². The second kappa shape index (κ2) is 12.4. The summed E-state index contributed by atoms with van der Waals surface area (Å²) in [6, 6.07) is 22.6. The van der Waals surface area contributed by atoms with E-state index in [2.05, 4.69) is 25.7 Å². The van der Waals surface area contributed by atoms with E-state index in [0.29, 0.717) is 22.9 Å². The Hall–Kier alpha value is -4.86. The van der Waals surface area contributed by atoms with Crippen LogP contribution >= 0.6 is 0 Å². The molecule has 0 spiro atoms. The summed E-state index contributed by atoms with van der Waals surface area (Å²) in [4.78, 5) is 40.3. The van der Waals surface area contributed by atoms with Crippen molar-refractivity contribution in [3.05, 3.63) is 78.9 Å². The van der Waals surface area contributed by atoms with Gasteiger partial charge in [0.1, 0.15) is 17.2 Å². The zero-order valence-corrected chi connectivity index (χ0v) is 19.1. The first-order chi connectivity index (χ1) is 16.9. The number of anilines is 1. The fraction of sp³-hybridized carbons (Fsp3) is 0.120. The fourth-order valence-corrected chi connectivity index (χ4v) is 2.78. The van der Waals surface area contributed by atoms with E-state index >= 15 is 0 Å². The lowest BCUT2D eigenvalue weighted by molar-refractivity contribution is -0.121. The SMILES string of the molecule is COC(=O)NC(=Nc1ccc(Oc2ccccc2)cc1NC(C)=O)NC(=O)COc1ccccc1. The number of methoxy groups -OCH3 is 1. The van der Waals surface area contributed by atoms with Crippen LogP contribution < -0.4 is 25.4 Å². The summed E-state index contributed by atoms with van der Waals surface area (Å²) in [6.07, 6.45) is -0.849. The van der Waals surface area contributed by atoms with Crippen LogP contribution in [-0.2, 0) is 14.3 Å². The first-order valence-electron chi connectivity index (χ1n) is 10.5. The normalized spacial score (nSPS) is 10.6. The largest absolute Gasteiger partial charge is 0.484 e. The summed E-state index contributed by atoms with van der Waals surface area (Å²) in [7, 11) is 1.17. The molecule has 3 aromatic rings. The Kier molecular flexibility index (Phi) is 8.78. The van der Waals surface area contributed by atoms with E-state index in [1.54, 1.807) is 54.6 Å². The third-order valence-electron chi connectivity index (χ3n) is 4.27. The number of nitrogens with zero attached hydrogens (tertiary/aromatic N) is 1. The molecule has 0 unspecified atom stereocenters. The number of hydrogen-bond donors (Lipinski definition) is 3. The molecule has 0 aliphatic heterocycles. The average molecular weight is 476 g/mol. The van der Waals surface area contributed by atoms with Gasteiger partial charge in [0.25, 0.3) is 5.91 Å². The Labute approximate surface area is 201 Å². The van der Waals surface area contributed by atoms with E-state index < -0.39 is 12.0 Å². The number of para-hydroxylation sites is 2. The van der Waals surface area contributed by atoms with Crippen LogP contribution in [0, 0.1) is 0 Å². The molecule has 10 nitrogen and oxygen atoms in total. The van der Waals surface area contributed by atoms with Gasteiger partial charge in [0, 0.05) is 13.0 Å². The number of rotatable bonds is 7. The number of alkyl carbamates (subject to hydrolysis) is 1. The molecule has 0 aliphatic rings. The number of aliphatic imine (C=N–C) groups is 1. The third-order valence-corrected chi connectivity index (χ3v) is 4.27. The van der Waals surface area contributed by atoms with Gasteiger partial charge in [-0.25, -0.2) is 9.79 Å². The zero-order valence-electron chi connectivity index (χ0n) is 19.1. The van der Waals surface area contributed by atoms with Crippen molar-refractivity contribution in [3.8, 4) is 17.2 Å². The number of amides is 3. The second-order valence-corrected chi connectivity index (χ2v) is 7.00. The lowest BCUT2D eigenvalue weighted by Gasteiger charge is -2.13. The van der Waals surface area contributed by atoms with E-state index in [1.165, 1.54) is 14.0 Å². The number of carbonyl (C=O) groups is 3. The van der Waals surface area contributed by atoms with Crippen molar-refractivity contribution >= 4 is 35.2 Å². The lowest BCUT2D eigenvalue weighted by Crippen LogP contribution is -2.45. The summed E-state index contributed by atoms with van der Waals surface area (Å²) in [5, 5.41) is 7.47. The van der Waals surface area contributed by atoms with Crippen LogP contribution in [0.3, 0.4) is 0 Å². The van der Waals surface area contributed by atoms with Gasteiger partial charge in [-0.05, 0) is 36.4 Å². The molecule has 10 heteroatoms. The Morgan fingerprint density at radius 2 is 1.49 bits per heavy atom. The van der Waals surface area contributed by atoms with E-state index in [9.17, 15) is 14.4 Å². The summed E-state index contributed by atoms with van der Waals surface area (Å²) in [5.74, 6) is 0.416. The highest BCUT2D eigenvalue weighted by Crippen LogP contribution is 2.32. The minimum Gasteiger partial charge on any atom is -0.484 e. The molecular weight excluding hydrogens is 452 g/mol. The highest BCUT2D eigenvalue weighted by atomic mass is 16.5. The van der Waals surface area contributed by atoms with Crippen LogP contribution in [0.2, 0.25) is 0 Å². The number of hydrogen-bond acceptors (Lipinski definition) is 7. The van der Waals surface area contributed by atoms with E-state index in [4.69, 9.17) is 9.47 Å². The Bertz CT molecular complexity index is 1200. The van der Waals surface area contributed by atoms with Gasteiger partial charge in [-0.1, -0.05) is 36.4 Å². The standard InChI is InChI=1S/C25H24N4O6/c1-17(30)26-22-15-20(35-19-11-7-4-8-12-19)13-14-21(22)27-24(29-25(32)33-2)28-23(31)16-34-18-9-5-3-6-10-18/h3-15H,16H2,1-2H3,(H,26,30)(H2,27,28,29,31,32). The lowest BCUT2D eigenvalue weighted by atomic mass is 10.2. The molecular formula is C25H24N4O6. The molecule has 0 saturated heterocycles. The minimum absolute atomic E-state index is 0.221. The topological polar surface area (TPSA) is 127 Å². The molecule has 35 heavy (non-hydrogen) atoms. The summed E-state index contributed by atoms with van der Waals surface area (Å²) < 4.78 is 15.8. The molecule has 0 aliphatic carbocycles. The maximum absolute atomic E-state index is 12.4. The first kappa shape index (κ1) is 24.8. The molecule has 3 rings (SSSR count). The second-order valence-electron chi connectivity index (χ2n) is 7.00. The van der Waals surface area contributed by atoms with Crippen molar-refractivity contribution in [1.29, 1.82) is 0 Å². The van der Waals surface area contributed by atoms with Crippen LogP contribution in [0.15, 0.2) is 83.9 Å². The van der Waals surface area contributed by atoms with E-state index in [1.807, 2.05) is 24.3 Å². The monoisotopic (exact) mass is 476 g/mol. The number of benzene rings is 3. The Balaban J connectivity index is 1.83. The highest BCUT2D eigenvalue weighted by Gasteiger charge is 2.14. The third kappa shape index (κ3) is 8.21. The molecule has 3 amide bonds.